The number of rotatable bonds is 7. The second-order valence-electron chi connectivity index (χ2n) is 5.53. The third kappa shape index (κ3) is 5.42. The number of anilines is 1. The van der Waals surface area contributed by atoms with Gasteiger partial charge in [-0.15, -0.1) is 0 Å². The highest BCUT2D eigenvalue weighted by atomic mass is 32.2. The lowest BCUT2D eigenvalue weighted by atomic mass is 10.1. The summed E-state index contributed by atoms with van der Waals surface area (Å²) in [7, 11) is 0. The molecular formula is C19H22N2O2S. The molecule has 2 aromatic carbocycles. The minimum Gasteiger partial charge on any atom is -0.340 e. The Morgan fingerprint density at radius 3 is 2.33 bits per heavy atom. The van der Waals surface area contributed by atoms with E-state index in [0.717, 1.165) is 17.0 Å². The second-order valence-corrected chi connectivity index (χ2v) is 6.51. The Labute approximate surface area is 147 Å². The molecule has 0 saturated heterocycles. The first-order valence-corrected chi connectivity index (χ1v) is 9.22. The molecule has 0 aliphatic rings. The molecule has 24 heavy (non-hydrogen) atoms. The molecule has 0 heterocycles. The normalized spacial score (nSPS) is 11.6. The van der Waals surface area contributed by atoms with Crippen molar-refractivity contribution >= 4 is 29.3 Å². The SMILES string of the molecule is CSCC[C@H](NC(=O)c1ccccc1)C(=O)Nc1ccc(C)cc1. The molecule has 2 amide bonds. The van der Waals surface area contributed by atoms with Crippen LogP contribution in [-0.2, 0) is 4.79 Å². The van der Waals surface area contributed by atoms with Crippen molar-refractivity contribution in [3.8, 4) is 0 Å². The Bertz CT molecular complexity index is 672. The summed E-state index contributed by atoms with van der Waals surface area (Å²) in [4.78, 5) is 24.9. The number of amides is 2. The smallest absolute Gasteiger partial charge is 0.251 e. The second kappa shape index (κ2) is 9.13. The molecule has 0 unspecified atom stereocenters. The van der Waals surface area contributed by atoms with Gasteiger partial charge in [0.25, 0.3) is 5.91 Å². The van der Waals surface area contributed by atoms with Crippen LogP contribution in [0.25, 0.3) is 0 Å². The predicted molar refractivity (Wildman–Crippen MR) is 101 cm³/mol. The van der Waals surface area contributed by atoms with Crippen LogP contribution in [0.15, 0.2) is 54.6 Å². The molecule has 0 bridgehead atoms. The molecule has 4 nitrogen and oxygen atoms in total. The van der Waals surface area contributed by atoms with Gasteiger partial charge in [-0.3, -0.25) is 9.59 Å². The van der Waals surface area contributed by atoms with Gasteiger partial charge in [-0.25, -0.2) is 0 Å². The fourth-order valence-corrected chi connectivity index (χ4v) is 2.67. The maximum Gasteiger partial charge on any atom is 0.251 e. The summed E-state index contributed by atoms with van der Waals surface area (Å²) in [5.74, 6) is 0.360. The highest BCUT2D eigenvalue weighted by Crippen LogP contribution is 2.11. The van der Waals surface area contributed by atoms with E-state index in [9.17, 15) is 9.59 Å². The van der Waals surface area contributed by atoms with Crippen molar-refractivity contribution in [1.29, 1.82) is 0 Å². The first-order valence-electron chi connectivity index (χ1n) is 7.82. The van der Waals surface area contributed by atoms with E-state index < -0.39 is 6.04 Å². The lowest BCUT2D eigenvalue weighted by Crippen LogP contribution is -2.44. The van der Waals surface area contributed by atoms with Gasteiger partial charge in [0, 0.05) is 11.3 Å². The van der Waals surface area contributed by atoms with Crippen molar-refractivity contribution < 1.29 is 9.59 Å². The van der Waals surface area contributed by atoms with E-state index in [0.29, 0.717) is 12.0 Å². The minimum atomic E-state index is -0.563. The maximum atomic E-state index is 12.5. The predicted octanol–water partition coefficient (Wildman–Crippen LogP) is 3.49. The van der Waals surface area contributed by atoms with Crippen molar-refractivity contribution in [2.75, 3.05) is 17.3 Å². The molecule has 0 aliphatic heterocycles. The van der Waals surface area contributed by atoms with Crippen molar-refractivity contribution in [2.45, 2.75) is 19.4 Å². The standard InChI is InChI=1S/C19H22N2O2S/c1-14-8-10-16(11-9-14)20-19(23)17(12-13-24-2)21-18(22)15-6-4-3-5-7-15/h3-11,17H,12-13H2,1-2H3,(H,20,23)(H,21,22)/t17-/m0/s1. The Hall–Kier alpha value is -2.27. The van der Waals surface area contributed by atoms with Gasteiger partial charge < -0.3 is 10.6 Å². The number of hydrogen-bond donors (Lipinski definition) is 2. The molecule has 1 atom stereocenters. The van der Waals surface area contributed by atoms with Crippen LogP contribution < -0.4 is 10.6 Å². The Kier molecular flexibility index (Phi) is 6.88. The van der Waals surface area contributed by atoms with Gasteiger partial charge in [-0.05, 0) is 49.6 Å². The number of benzene rings is 2. The van der Waals surface area contributed by atoms with Crippen LogP contribution in [0.2, 0.25) is 0 Å². The van der Waals surface area contributed by atoms with Gasteiger partial charge in [0.2, 0.25) is 5.91 Å². The van der Waals surface area contributed by atoms with E-state index in [2.05, 4.69) is 10.6 Å². The quantitative estimate of drug-likeness (QED) is 0.810. The monoisotopic (exact) mass is 342 g/mol. The van der Waals surface area contributed by atoms with Crippen LogP contribution in [0.5, 0.6) is 0 Å². The lowest BCUT2D eigenvalue weighted by molar-refractivity contribution is -0.118. The van der Waals surface area contributed by atoms with Gasteiger partial charge in [-0.2, -0.15) is 11.8 Å². The van der Waals surface area contributed by atoms with E-state index >= 15 is 0 Å². The summed E-state index contributed by atoms with van der Waals surface area (Å²) < 4.78 is 0. The third-order valence-electron chi connectivity index (χ3n) is 3.59. The summed E-state index contributed by atoms with van der Waals surface area (Å²) in [6.07, 6.45) is 2.56. The summed E-state index contributed by atoms with van der Waals surface area (Å²) in [6, 6.07) is 16.0. The average molecular weight is 342 g/mol. The number of aryl methyl sites for hydroxylation is 1. The van der Waals surface area contributed by atoms with E-state index in [4.69, 9.17) is 0 Å². The van der Waals surface area contributed by atoms with Gasteiger partial charge >= 0.3 is 0 Å². The highest BCUT2D eigenvalue weighted by Gasteiger charge is 2.21. The number of nitrogens with one attached hydrogen (secondary N) is 2. The van der Waals surface area contributed by atoms with E-state index in [1.54, 1.807) is 36.0 Å². The molecule has 2 aromatic rings. The van der Waals surface area contributed by atoms with Crippen molar-refractivity contribution in [1.82, 2.24) is 5.32 Å². The van der Waals surface area contributed by atoms with Crippen LogP contribution >= 0.6 is 11.8 Å². The molecule has 0 aliphatic carbocycles. The molecule has 0 saturated carbocycles. The number of carbonyl (C=O) groups is 2. The topological polar surface area (TPSA) is 58.2 Å². The number of hydrogen-bond acceptors (Lipinski definition) is 3. The van der Waals surface area contributed by atoms with Crippen LogP contribution in [0.4, 0.5) is 5.69 Å². The maximum absolute atomic E-state index is 12.5. The zero-order valence-electron chi connectivity index (χ0n) is 13.9. The Balaban J connectivity index is 2.04. The third-order valence-corrected chi connectivity index (χ3v) is 4.23. The van der Waals surface area contributed by atoms with Crippen LogP contribution in [-0.4, -0.2) is 29.9 Å². The molecule has 5 heteroatoms. The van der Waals surface area contributed by atoms with Crippen molar-refractivity contribution in [3.63, 3.8) is 0 Å². The summed E-state index contributed by atoms with van der Waals surface area (Å²) in [5.41, 5.74) is 2.41. The van der Waals surface area contributed by atoms with Crippen LogP contribution in [0.1, 0.15) is 22.3 Å². The molecule has 126 valence electrons. The van der Waals surface area contributed by atoms with E-state index in [1.807, 2.05) is 43.5 Å². The van der Waals surface area contributed by atoms with Gasteiger partial charge in [-0.1, -0.05) is 35.9 Å². The van der Waals surface area contributed by atoms with Crippen molar-refractivity contribution in [2.24, 2.45) is 0 Å². The highest BCUT2D eigenvalue weighted by molar-refractivity contribution is 7.98. The molecule has 0 aromatic heterocycles. The van der Waals surface area contributed by atoms with Crippen LogP contribution in [0.3, 0.4) is 0 Å². The van der Waals surface area contributed by atoms with Crippen molar-refractivity contribution in [3.05, 3.63) is 65.7 Å². The minimum absolute atomic E-state index is 0.197. The summed E-state index contributed by atoms with van der Waals surface area (Å²) in [5, 5.41) is 5.71. The van der Waals surface area contributed by atoms with E-state index in [1.165, 1.54) is 0 Å². The largest absolute Gasteiger partial charge is 0.340 e. The molecule has 2 N–H and O–H groups in total. The molecular weight excluding hydrogens is 320 g/mol. The molecule has 0 fully saturated rings. The van der Waals surface area contributed by atoms with E-state index in [-0.39, 0.29) is 11.8 Å². The Morgan fingerprint density at radius 1 is 1.04 bits per heavy atom. The fourth-order valence-electron chi connectivity index (χ4n) is 2.20. The average Bonchev–Trinajstić information content (AvgIpc) is 2.61. The number of carbonyl (C=O) groups excluding carboxylic acids is 2. The van der Waals surface area contributed by atoms with Crippen LogP contribution in [0, 0.1) is 6.92 Å². The molecule has 2 rings (SSSR count). The first-order chi connectivity index (χ1) is 11.6. The summed E-state index contributed by atoms with van der Waals surface area (Å²) in [6.45, 7) is 1.99. The summed E-state index contributed by atoms with van der Waals surface area (Å²) >= 11 is 1.65. The first kappa shape index (κ1) is 18.1. The molecule has 0 radical (unpaired) electrons. The lowest BCUT2D eigenvalue weighted by Gasteiger charge is -2.18. The zero-order chi connectivity index (χ0) is 17.4. The van der Waals surface area contributed by atoms with Gasteiger partial charge in [0.05, 0.1) is 0 Å². The fraction of sp³-hybridized carbons (Fsp3) is 0.263. The zero-order valence-corrected chi connectivity index (χ0v) is 14.7. The Morgan fingerprint density at radius 2 is 1.71 bits per heavy atom. The van der Waals surface area contributed by atoms with Gasteiger partial charge in [0.15, 0.2) is 0 Å². The number of thioether (sulfide) groups is 1. The molecule has 0 spiro atoms. The van der Waals surface area contributed by atoms with Gasteiger partial charge in [0.1, 0.15) is 6.04 Å².